The number of nitrogens with one attached hydrogen (secondary N) is 4. The monoisotopic (exact) mass is 374 g/mol. The van der Waals surface area contributed by atoms with E-state index in [1.54, 1.807) is 7.05 Å². The number of carbonyl (C=O) groups excluding carboxylic acids is 1. The van der Waals surface area contributed by atoms with Crippen molar-refractivity contribution >= 4 is 23.1 Å². The smallest absolute Gasteiger partial charge is 0.407 e. The minimum absolute atomic E-state index is 0.418. The van der Waals surface area contributed by atoms with Gasteiger partial charge in [0.25, 0.3) is 0 Å². The van der Waals surface area contributed by atoms with E-state index in [1.807, 2.05) is 45.0 Å². The van der Waals surface area contributed by atoms with Gasteiger partial charge in [-0.1, -0.05) is 12.1 Å². The minimum atomic E-state index is -0.491. The average molecular weight is 374 g/mol. The second-order valence-electron chi connectivity index (χ2n) is 7.16. The molecule has 0 aliphatic heterocycles. The molecule has 0 aliphatic rings. The average Bonchev–Trinajstić information content (AvgIpc) is 3.01. The molecule has 0 atom stereocenters. The maximum absolute atomic E-state index is 11.6. The van der Waals surface area contributed by atoms with E-state index in [4.69, 9.17) is 4.74 Å². The number of ether oxygens (including phenoxy) is 1. The molecule has 8 heteroatoms. The van der Waals surface area contributed by atoms with E-state index < -0.39 is 11.7 Å². The Bertz CT molecular complexity index is 730. The molecule has 1 heterocycles. The number of aryl methyl sites for hydroxylation is 1. The number of H-pyrrole nitrogens is 1. The molecule has 0 saturated carbocycles. The van der Waals surface area contributed by atoms with Crippen molar-refractivity contribution in [1.29, 1.82) is 0 Å². The molecule has 1 aromatic carbocycles. The maximum Gasteiger partial charge on any atom is 0.407 e. The summed E-state index contributed by atoms with van der Waals surface area (Å²) in [5, 5.41) is 9.11. The number of carbonyl (C=O) groups is 1. The number of amides is 1. The number of alkyl carbamates (subject to hydrolysis) is 1. The quantitative estimate of drug-likeness (QED) is 0.338. The molecule has 0 aliphatic carbocycles. The molecule has 27 heavy (non-hydrogen) atoms. The molecular weight excluding hydrogens is 344 g/mol. The van der Waals surface area contributed by atoms with Crippen molar-refractivity contribution in [3.8, 4) is 0 Å². The van der Waals surface area contributed by atoms with Gasteiger partial charge in [0.15, 0.2) is 5.96 Å². The number of hydrogen-bond donors (Lipinski definition) is 4. The third kappa shape index (κ3) is 7.55. The van der Waals surface area contributed by atoms with E-state index in [0.29, 0.717) is 19.0 Å². The number of aromatic nitrogens is 2. The lowest BCUT2D eigenvalue weighted by molar-refractivity contribution is 0.0529. The molecule has 0 unspecified atom stereocenters. The summed E-state index contributed by atoms with van der Waals surface area (Å²) in [4.78, 5) is 23.6. The van der Waals surface area contributed by atoms with Crippen LogP contribution in [0.2, 0.25) is 0 Å². The molecule has 0 radical (unpaired) electrons. The van der Waals surface area contributed by atoms with Crippen molar-refractivity contribution in [2.24, 2.45) is 4.99 Å². The molecule has 4 N–H and O–H groups in total. The highest BCUT2D eigenvalue weighted by Crippen LogP contribution is 2.11. The first kappa shape index (κ1) is 20.5. The Kier molecular flexibility index (Phi) is 7.45. The van der Waals surface area contributed by atoms with Crippen LogP contribution in [0.25, 0.3) is 11.0 Å². The molecule has 8 nitrogen and oxygen atoms in total. The Morgan fingerprint density at radius 3 is 2.56 bits per heavy atom. The van der Waals surface area contributed by atoms with Crippen molar-refractivity contribution in [3.05, 3.63) is 30.1 Å². The van der Waals surface area contributed by atoms with Gasteiger partial charge in [-0.05, 0) is 39.3 Å². The molecule has 2 rings (SSSR count). The third-order valence-corrected chi connectivity index (χ3v) is 3.63. The van der Waals surface area contributed by atoms with Gasteiger partial charge in [-0.15, -0.1) is 0 Å². The van der Waals surface area contributed by atoms with Gasteiger partial charge >= 0.3 is 6.09 Å². The largest absolute Gasteiger partial charge is 0.444 e. The predicted molar refractivity (Wildman–Crippen MR) is 108 cm³/mol. The number of benzene rings is 1. The van der Waals surface area contributed by atoms with Gasteiger partial charge in [0.05, 0.1) is 11.0 Å². The summed E-state index contributed by atoms with van der Waals surface area (Å²) in [5.74, 6) is 1.69. The van der Waals surface area contributed by atoms with Gasteiger partial charge in [-0.25, -0.2) is 9.78 Å². The van der Waals surface area contributed by atoms with Crippen molar-refractivity contribution in [1.82, 2.24) is 25.9 Å². The summed E-state index contributed by atoms with van der Waals surface area (Å²) in [6, 6.07) is 8.02. The highest BCUT2D eigenvalue weighted by molar-refractivity contribution is 5.79. The van der Waals surface area contributed by atoms with Crippen LogP contribution < -0.4 is 16.0 Å². The topological polar surface area (TPSA) is 103 Å². The van der Waals surface area contributed by atoms with Crippen LogP contribution in [-0.4, -0.2) is 54.3 Å². The van der Waals surface area contributed by atoms with Crippen molar-refractivity contribution in [3.63, 3.8) is 0 Å². The molecule has 0 saturated heterocycles. The second-order valence-corrected chi connectivity index (χ2v) is 7.16. The SMILES string of the molecule is CN=C(NCCCc1nc2ccccc2[nH]1)NCCNC(=O)OC(C)(C)C. The molecule has 148 valence electrons. The fourth-order valence-corrected chi connectivity index (χ4v) is 2.47. The molecule has 0 bridgehead atoms. The predicted octanol–water partition coefficient (Wildman–Crippen LogP) is 2.19. The van der Waals surface area contributed by atoms with Gasteiger partial charge in [0.1, 0.15) is 11.4 Å². The lowest BCUT2D eigenvalue weighted by atomic mass is 10.2. The van der Waals surface area contributed by atoms with E-state index in [2.05, 4.69) is 30.9 Å². The van der Waals surface area contributed by atoms with E-state index in [9.17, 15) is 4.79 Å². The van der Waals surface area contributed by atoms with Gasteiger partial charge in [-0.2, -0.15) is 0 Å². The van der Waals surface area contributed by atoms with Crippen LogP contribution in [-0.2, 0) is 11.2 Å². The van der Waals surface area contributed by atoms with E-state index in [0.717, 1.165) is 36.2 Å². The van der Waals surface area contributed by atoms with Crippen LogP contribution in [0.4, 0.5) is 4.79 Å². The first-order chi connectivity index (χ1) is 12.9. The summed E-state index contributed by atoms with van der Waals surface area (Å²) in [5.41, 5.74) is 1.57. The second kappa shape index (κ2) is 9.80. The number of imidazole rings is 1. The molecule has 1 amide bonds. The first-order valence-electron chi connectivity index (χ1n) is 9.22. The fraction of sp³-hybridized carbons (Fsp3) is 0.526. The lowest BCUT2D eigenvalue weighted by Gasteiger charge is -2.19. The molecule has 2 aromatic rings. The standard InChI is InChI=1S/C19H30N6O2/c1-19(2,3)27-18(26)23-13-12-22-17(20-4)21-11-7-10-16-24-14-8-5-6-9-15(14)25-16/h5-6,8-9H,7,10-13H2,1-4H3,(H,23,26)(H,24,25)(H2,20,21,22). The van der Waals surface area contributed by atoms with Crippen LogP contribution in [0.15, 0.2) is 29.3 Å². The Morgan fingerprint density at radius 2 is 1.85 bits per heavy atom. The Hall–Kier alpha value is -2.77. The number of fused-ring (bicyclic) bond motifs is 1. The van der Waals surface area contributed by atoms with Gasteiger partial charge in [-0.3, -0.25) is 4.99 Å². The van der Waals surface area contributed by atoms with Crippen LogP contribution in [0.3, 0.4) is 0 Å². The number of para-hydroxylation sites is 2. The van der Waals surface area contributed by atoms with Crippen LogP contribution in [0.1, 0.15) is 33.0 Å². The highest BCUT2D eigenvalue weighted by Gasteiger charge is 2.15. The van der Waals surface area contributed by atoms with Crippen molar-refractivity contribution in [2.45, 2.75) is 39.2 Å². The molecular formula is C19H30N6O2. The zero-order valence-corrected chi connectivity index (χ0v) is 16.6. The third-order valence-electron chi connectivity index (χ3n) is 3.63. The molecule has 0 fully saturated rings. The first-order valence-corrected chi connectivity index (χ1v) is 9.22. The normalized spacial score (nSPS) is 12.1. The Balaban J connectivity index is 1.60. The molecule has 0 spiro atoms. The Labute approximate surface area is 160 Å². The number of hydrogen-bond acceptors (Lipinski definition) is 4. The summed E-state index contributed by atoms with van der Waals surface area (Å²) in [6.07, 6.45) is 1.37. The summed E-state index contributed by atoms with van der Waals surface area (Å²) in [7, 11) is 1.72. The van der Waals surface area contributed by atoms with Crippen LogP contribution in [0.5, 0.6) is 0 Å². The number of nitrogens with zero attached hydrogens (tertiary/aromatic N) is 2. The summed E-state index contributed by atoms with van der Waals surface area (Å²) < 4.78 is 5.18. The number of aromatic amines is 1. The molecule has 1 aromatic heterocycles. The maximum atomic E-state index is 11.6. The number of guanidine groups is 1. The minimum Gasteiger partial charge on any atom is -0.444 e. The number of aliphatic imine (C=N–C) groups is 1. The highest BCUT2D eigenvalue weighted by atomic mass is 16.6. The van der Waals surface area contributed by atoms with Gasteiger partial charge < -0.3 is 25.7 Å². The van der Waals surface area contributed by atoms with Crippen molar-refractivity contribution in [2.75, 3.05) is 26.7 Å². The van der Waals surface area contributed by atoms with E-state index in [-0.39, 0.29) is 0 Å². The Morgan fingerprint density at radius 1 is 1.15 bits per heavy atom. The van der Waals surface area contributed by atoms with Crippen LogP contribution in [0, 0.1) is 0 Å². The van der Waals surface area contributed by atoms with Gasteiger partial charge in [0, 0.05) is 33.1 Å². The van der Waals surface area contributed by atoms with E-state index in [1.165, 1.54) is 0 Å². The van der Waals surface area contributed by atoms with Crippen molar-refractivity contribution < 1.29 is 9.53 Å². The van der Waals surface area contributed by atoms with Crippen LogP contribution >= 0.6 is 0 Å². The summed E-state index contributed by atoms with van der Waals surface area (Å²) >= 11 is 0. The van der Waals surface area contributed by atoms with E-state index >= 15 is 0 Å². The lowest BCUT2D eigenvalue weighted by Crippen LogP contribution is -2.42. The van der Waals surface area contributed by atoms with Gasteiger partial charge in [0.2, 0.25) is 0 Å². The number of rotatable bonds is 7. The summed E-state index contributed by atoms with van der Waals surface area (Å²) in [6.45, 7) is 7.29. The zero-order chi connectivity index (χ0) is 19.7. The zero-order valence-electron chi connectivity index (χ0n) is 16.6. The fourth-order valence-electron chi connectivity index (χ4n) is 2.47.